The zero-order valence-corrected chi connectivity index (χ0v) is 7.48. The largest absolute Gasteiger partial charge is 0.325 e. The predicted octanol–water partition coefficient (Wildman–Crippen LogP) is 0.966. The molecule has 1 heterocycles. The molecule has 4 heteroatoms. The van der Waals surface area contributed by atoms with Crippen LogP contribution in [-0.2, 0) is 6.54 Å². The van der Waals surface area contributed by atoms with Crippen LogP contribution >= 0.6 is 11.8 Å². The van der Waals surface area contributed by atoms with Gasteiger partial charge in [-0.05, 0) is 19.2 Å². The van der Waals surface area contributed by atoms with Crippen LogP contribution in [0.5, 0.6) is 0 Å². The van der Waals surface area contributed by atoms with E-state index in [1.54, 1.807) is 0 Å². The van der Waals surface area contributed by atoms with E-state index in [0.717, 1.165) is 16.5 Å². The molecule has 0 aliphatic carbocycles. The number of nitrogens with two attached hydrogens (primary N) is 1. The molecule has 0 unspecified atom stereocenters. The molecule has 0 saturated carbocycles. The molecule has 0 aromatic carbocycles. The third kappa shape index (κ3) is 2.17. The number of thioether (sulfide) groups is 1. The van der Waals surface area contributed by atoms with Gasteiger partial charge in [0.2, 0.25) is 0 Å². The average Bonchev–Trinajstić information content (AvgIpc) is 2.03. The lowest BCUT2D eigenvalue weighted by atomic mass is 10.3. The van der Waals surface area contributed by atoms with E-state index in [2.05, 4.69) is 9.97 Å². The van der Waals surface area contributed by atoms with Crippen LogP contribution in [0.2, 0.25) is 0 Å². The standard InChI is InChI=1S/C7H11N3S/c1-5-3-6(4-8)10-7(9-5)11-2/h3H,4,8H2,1-2H3. The fourth-order valence-corrected chi connectivity index (χ4v) is 1.24. The molecule has 0 atom stereocenters. The maximum Gasteiger partial charge on any atom is 0.187 e. The van der Waals surface area contributed by atoms with Crippen molar-refractivity contribution in [2.24, 2.45) is 5.73 Å². The van der Waals surface area contributed by atoms with Crippen molar-refractivity contribution in [2.75, 3.05) is 6.26 Å². The Morgan fingerprint density at radius 3 is 2.82 bits per heavy atom. The molecule has 1 rings (SSSR count). The minimum absolute atomic E-state index is 0.483. The molecule has 2 N–H and O–H groups in total. The molecule has 3 nitrogen and oxygen atoms in total. The van der Waals surface area contributed by atoms with Gasteiger partial charge in [-0.25, -0.2) is 9.97 Å². The van der Waals surface area contributed by atoms with Crippen molar-refractivity contribution in [3.05, 3.63) is 17.5 Å². The second kappa shape index (κ2) is 3.69. The topological polar surface area (TPSA) is 51.8 Å². The summed E-state index contributed by atoms with van der Waals surface area (Å²) in [6.07, 6.45) is 1.95. The Balaban J connectivity index is 3.02. The van der Waals surface area contributed by atoms with Gasteiger partial charge >= 0.3 is 0 Å². The SMILES string of the molecule is CSc1nc(C)cc(CN)n1. The van der Waals surface area contributed by atoms with E-state index in [1.165, 1.54) is 11.8 Å². The first-order valence-corrected chi connectivity index (χ1v) is 4.57. The van der Waals surface area contributed by atoms with Crippen molar-refractivity contribution in [2.45, 2.75) is 18.6 Å². The lowest BCUT2D eigenvalue weighted by Gasteiger charge is -2.00. The third-order valence-electron chi connectivity index (χ3n) is 1.28. The Bertz CT molecular complexity index is 227. The number of rotatable bonds is 2. The number of aromatic nitrogens is 2. The molecular formula is C7H11N3S. The van der Waals surface area contributed by atoms with Crippen LogP contribution in [-0.4, -0.2) is 16.2 Å². The molecule has 0 bridgehead atoms. The average molecular weight is 169 g/mol. The monoisotopic (exact) mass is 169 g/mol. The van der Waals surface area contributed by atoms with Crippen LogP contribution in [0.4, 0.5) is 0 Å². The summed E-state index contributed by atoms with van der Waals surface area (Å²) in [5, 5.41) is 0.797. The number of hydrogen-bond acceptors (Lipinski definition) is 4. The van der Waals surface area contributed by atoms with Crippen molar-refractivity contribution < 1.29 is 0 Å². The molecular weight excluding hydrogens is 158 g/mol. The van der Waals surface area contributed by atoms with Gasteiger partial charge in [0.05, 0.1) is 5.69 Å². The van der Waals surface area contributed by atoms with E-state index in [9.17, 15) is 0 Å². The maximum absolute atomic E-state index is 5.44. The van der Waals surface area contributed by atoms with E-state index in [4.69, 9.17) is 5.73 Å². The van der Waals surface area contributed by atoms with Gasteiger partial charge in [0.25, 0.3) is 0 Å². The highest BCUT2D eigenvalue weighted by Crippen LogP contribution is 2.09. The van der Waals surface area contributed by atoms with E-state index >= 15 is 0 Å². The summed E-state index contributed by atoms with van der Waals surface area (Å²) < 4.78 is 0. The summed E-state index contributed by atoms with van der Waals surface area (Å²) in [4.78, 5) is 8.39. The van der Waals surface area contributed by atoms with Gasteiger partial charge in [-0.2, -0.15) is 0 Å². The first kappa shape index (κ1) is 8.49. The number of hydrogen-bond donors (Lipinski definition) is 1. The smallest absolute Gasteiger partial charge is 0.187 e. The van der Waals surface area contributed by atoms with Gasteiger partial charge in [-0.3, -0.25) is 0 Å². The summed E-state index contributed by atoms with van der Waals surface area (Å²) in [6, 6.07) is 1.90. The van der Waals surface area contributed by atoms with E-state index in [1.807, 2.05) is 19.2 Å². The Kier molecular flexibility index (Phi) is 2.84. The summed E-state index contributed by atoms with van der Waals surface area (Å²) in [5.74, 6) is 0. The van der Waals surface area contributed by atoms with E-state index in [0.29, 0.717) is 6.54 Å². The molecule has 1 aromatic heterocycles. The molecule has 0 radical (unpaired) electrons. The van der Waals surface area contributed by atoms with Crippen LogP contribution in [0.1, 0.15) is 11.4 Å². The maximum atomic E-state index is 5.44. The molecule has 0 fully saturated rings. The zero-order chi connectivity index (χ0) is 8.27. The van der Waals surface area contributed by atoms with E-state index in [-0.39, 0.29) is 0 Å². The van der Waals surface area contributed by atoms with Crippen molar-refractivity contribution >= 4 is 11.8 Å². The van der Waals surface area contributed by atoms with Gasteiger partial charge in [-0.15, -0.1) is 0 Å². The predicted molar refractivity (Wildman–Crippen MR) is 46.4 cm³/mol. The van der Waals surface area contributed by atoms with Gasteiger partial charge in [0.1, 0.15) is 0 Å². The van der Waals surface area contributed by atoms with Crippen LogP contribution in [0.3, 0.4) is 0 Å². The molecule has 11 heavy (non-hydrogen) atoms. The van der Waals surface area contributed by atoms with Crippen molar-refractivity contribution in [3.63, 3.8) is 0 Å². The summed E-state index contributed by atoms with van der Waals surface area (Å²) in [7, 11) is 0. The quantitative estimate of drug-likeness (QED) is 0.529. The minimum atomic E-state index is 0.483. The molecule has 0 aliphatic rings. The normalized spacial score (nSPS) is 10.1. The third-order valence-corrected chi connectivity index (χ3v) is 1.83. The molecule has 0 spiro atoms. The molecule has 0 saturated heterocycles. The minimum Gasteiger partial charge on any atom is -0.325 e. The summed E-state index contributed by atoms with van der Waals surface area (Å²) >= 11 is 1.53. The highest BCUT2D eigenvalue weighted by atomic mass is 32.2. The molecule has 1 aromatic rings. The van der Waals surface area contributed by atoms with Crippen LogP contribution in [0.25, 0.3) is 0 Å². The van der Waals surface area contributed by atoms with Crippen molar-refractivity contribution in [1.82, 2.24) is 9.97 Å². The first-order valence-electron chi connectivity index (χ1n) is 3.35. The zero-order valence-electron chi connectivity index (χ0n) is 6.66. The number of nitrogens with zero attached hydrogens (tertiary/aromatic N) is 2. The summed E-state index contributed by atoms with van der Waals surface area (Å²) in [5.41, 5.74) is 7.32. The van der Waals surface area contributed by atoms with Crippen LogP contribution in [0, 0.1) is 6.92 Å². The second-order valence-electron chi connectivity index (χ2n) is 2.19. The van der Waals surface area contributed by atoms with Crippen LogP contribution < -0.4 is 5.73 Å². The molecule has 60 valence electrons. The Morgan fingerprint density at radius 1 is 1.55 bits per heavy atom. The van der Waals surface area contributed by atoms with Gasteiger partial charge in [-0.1, -0.05) is 11.8 Å². The first-order chi connectivity index (χ1) is 5.26. The number of aryl methyl sites for hydroxylation is 1. The van der Waals surface area contributed by atoms with E-state index < -0.39 is 0 Å². The van der Waals surface area contributed by atoms with Crippen molar-refractivity contribution in [3.8, 4) is 0 Å². The Hall–Kier alpha value is -0.610. The highest BCUT2D eigenvalue weighted by molar-refractivity contribution is 7.98. The molecule has 0 amide bonds. The van der Waals surface area contributed by atoms with Crippen LogP contribution in [0.15, 0.2) is 11.2 Å². The fraction of sp³-hybridized carbons (Fsp3) is 0.429. The Morgan fingerprint density at radius 2 is 2.27 bits per heavy atom. The second-order valence-corrected chi connectivity index (χ2v) is 2.96. The van der Waals surface area contributed by atoms with Gasteiger partial charge < -0.3 is 5.73 Å². The fourth-order valence-electron chi connectivity index (χ4n) is 0.800. The lowest BCUT2D eigenvalue weighted by Crippen LogP contribution is -2.02. The van der Waals surface area contributed by atoms with Gasteiger partial charge in [0, 0.05) is 12.2 Å². The summed E-state index contributed by atoms with van der Waals surface area (Å²) in [6.45, 7) is 2.43. The highest BCUT2D eigenvalue weighted by Gasteiger charge is 1.97. The lowest BCUT2D eigenvalue weighted by molar-refractivity contribution is 0.856. The van der Waals surface area contributed by atoms with Crippen molar-refractivity contribution in [1.29, 1.82) is 0 Å². The van der Waals surface area contributed by atoms with Gasteiger partial charge in [0.15, 0.2) is 5.16 Å². The molecule has 0 aliphatic heterocycles. The Labute approximate surface area is 70.4 Å².